The molecule has 0 saturated heterocycles. The fourth-order valence-corrected chi connectivity index (χ4v) is 2.71. The zero-order valence-corrected chi connectivity index (χ0v) is 12.6. The Kier molecular flexibility index (Phi) is 6.24. The van der Waals surface area contributed by atoms with E-state index in [1.54, 1.807) is 6.07 Å². The molecule has 1 unspecified atom stereocenters. The van der Waals surface area contributed by atoms with Crippen LogP contribution in [-0.2, 0) is 11.2 Å². The highest BCUT2D eigenvalue weighted by Crippen LogP contribution is 2.28. The Morgan fingerprint density at radius 3 is 2.47 bits per heavy atom. The maximum absolute atomic E-state index is 13.4. The van der Waals surface area contributed by atoms with Crippen molar-refractivity contribution in [3.05, 3.63) is 34.6 Å². The summed E-state index contributed by atoms with van der Waals surface area (Å²) in [5.41, 5.74) is 6.67. The maximum Gasteiger partial charge on any atom is 0.142 e. The van der Waals surface area contributed by atoms with Gasteiger partial charge in [-0.1, -0.05) is 37.6 Å². The van der Waals surface area contributed by atoms with Crippen LogP contribution in [0.25, 0.3) is 0 Å². The molecule has 1 aromatic carbocycles. The van der Waals surface area contributed by atoms with Crippen molar-refractivity contribution in [1.82, 2.24) is 0 Å². The summed E-state index contributed by atoms with van der Waals surface area (Å²) in [6.45, 7) is 6.70. The zero-order chi connectivity index (χ0) is 14.5. The first kappa shape index (κ1) is 16.4. The molecule has 0 spiro atoms. The lowest BCUT2D eigenvalue weighted by Crippen LogP contribution is -2.50. The molecular formula is C15H23ClFNO. The van der Waals surface area contributed by atoms with Crippen LogP contribution < -0.4 is 5.73 Å². The molecule has 1 rings (SSSR count). The Balaban J connectivity index is 2.93. The van der Waals surface area contributed by atoms with Crippen molar-refractivity contribution in [3.8, 4) is 0 Å². The van der Waals surface area contributed by atoms with Gasteiger partial charge in [0.2, 0.25) is 0 Å². The van der Waals surface area contributed by atoms with E-state index in [1.165, 1.54) is 6.07 Å². The third kappa shape index (κ3) is 3.68. The first-order valence-electron chi connectivity index (χ1n) is 6.83. The SMILES string of the molecule is CCOC(CC)(CC)C(N)Cc1cccc(F)c1Cl. The second-order valence-corrected chi connectivity index (χ2v) is 5.11. The third-order valence-electron chi connectivity index (χ3n) is 3.78. The van der Waals surface area contributed by atoms with Crippen molar-refractivity contribution in [2.24, 2.45) is 5.73 Å². The summed E-state index contributed by atoms with van der Waals surface area (Å²) in [5.74, 6) is -0.402. The molecular weight excluding hydrogens is 265 g/mol. The van der Waals surface area contributed by atoms with Gasteiger partial charge < -0.3 is 10.5 Å². The predicted octanol–water partition coefficient (Wildman–Crippen LogP) is 3.94. The van der Waals surface area contributed by atoms with Crippen molar-refractivity contribution >= 4 is 11.6 Å². The largest absolute Gasteiger partial charge is 0.374 e. The molecule has 0 aliphatic rings. The van der Waals surface area contributed by atoms with Gasteiger partial charge in [0, 0.05) is 12.6 Å². The quantitative estimate of drug-likeness (QED) is 0.824. The lowest BCUT2D eigenvalue weighted by molar-refractivity contribution is -0.0633. The predicted molar refractivity (Wildman–Crippen MR) is 78.0 cm³/mol. The van der Waals surface area contributed by atoms with E-state index in [2.05, 4.69) is 13.8 Å². The van der Waals surface area contributed by atoms with Crippen LogP contribution in [0, 0.1) is 5.82 Å². The van der Waals surface area contributed by atoms with E-state index in [-0.39, 0.29) is 16.7 Å². The van der Waals surface area contributed by atoms with Gasteiger partial charge in [0.15, 0.2) is 0 Å². The molecule has 0 bridgehead atoms. The molecule has 1 aromatic rings. The standard InChI is InChI=1S/C15H23ClFNO/c1-4-15(5-2,19-6-3)13(18)10-11-8-7-9-12(17)14(11)16/h7-9,13H,4-6,10,18H2,1-3H3. The van der Waals surface area contributed by atoms with Gasteiger partial charge in [-0.3, -0.25) is 0 Å². The van der Waals surface area contributed by atoms with E-state index in [9.17, 15) is 4.39 Å². The van der Waals surface area contributed by atoms with Crippen molar-refractivity contribution in [2.75, 3.05) is 6.61 Å². The van der Waals surface area contributed by atoms with E-state index in [0.717, 1.165) is 18.4 Å². The molecule has 0 radical (unpaired) electrons. The molecule has 0 aromatic heterocycles. The topological polar surface area (TPSA) is 35.2 Å². The van der Waals surface area contributed by atoms with Gasteiger partial charge in [-0.2, -0.15) is 0 Å². The Labute approximate surface area is 120 Å². The summed E-state index contributed by atoms with van der Waals surface area (Å²) in [7, 11) is 0. The normalized spacial score (nSPS) is 13.6. The van der Waals surface area contributed by atoms with E-state index < -0.39 is 5.82 Å². The molecule has 2 N–H and O–H groups in total. The van der Waals surface area contributed by atoms with Gasteiger partial charge >= 0.3 is 0 Å². The average molecular weight is 288 g/mol. The lowest BCUT2D eigenvalue weighted by Gasteiger charge is -2.37. The minimum atomic E-state index is -0.402. The van der Waals surface area contributed by atoms with Crippen LogP contribution in [0.15, 0.2) is 18.2 Å². The smallest absolute Gasteiger partial charge is 0.142 e. The Bertz CT molecular complexity index is 407. The van der Waals surface area contributed by atoms with Gasteiger partial charge in [0.05, 0.1) is 10.6 Å². The van der Waals surface area contributed by atoms with Crippen molar-refractivity contribution < 1.29 is 9.13 Å². The van der Waals surface area contributed by atoms with Gasteiger partial charge in [-0.15, -0.1) is 0 Å². The monoisotopic (exact) mass is 287 g/mol. The molecule has 0 fully saturated rings. The van der Waals surface area contributed by atoms with E-state index >= 15 is 0 Å². The van der Waals surface area contributed by atoms with Gasteiger partial charge in [0.1, 0.15) is 5.82 Å². The van der Waals surface area contributed by atoms with E-state index in [0.29, 0.717) is 13.0 Å². The summed E-state index contributed by atoms with van der Waals surface area (Å²) in [4.78, 5) is 0. The van der Waals surface area contributed by atoms with Crippen LogP contribution in [-0.4, -0.2) is 18.2 Å². The molecule has 0 aliphatic carbocycles. The molecule has 0 aliphatic heterocycles. The Hall–Kier alpha value is -0.640. The Morgan fingerprint density at radius 2 is 1.95 bits per heavy atom. The molecule has 108 valence electrons. The van der Waals surface area contributed by atoms with Gasteiger partial charge in [-0.05, 0) is 37.8 Å². The molecule has 4 heteroatoms. The first-order valence-corrected chi connectivity index (χ1v) is 7.20. The molecule has 0 heterocycles. The number of nitrogens with two attached hydrogens (primary N) is 1. The summed E-state index contributed by atoms with van der Waals surface area (Å²) in [5, 5.41) is 0.163. The second kappa shape index (κ2) is 7.22. The van der Waals surface area contributed by atoms with E-state index in [4.69, 9.17) is 22.1 Å². The number of benzene rings is 1. The number of halogens is 2. The highest BCUT2D eigenvalue weighted by Gasteiger charge is 2.34. The maximum atomic E-state index is 13.4. The summed E-state index contributed by atoms with van der Waals surface area (Å²) in [6.07, 6.45) is 2.16. The number of ether oxygens (including phenoxy) is 1. The highest BCUT2D eigenvalue weighted by molar-refractivity contribution is 6.31. The van der Waals surface area contributed by atoms with E-state index in [1.807, 2.05) is 13.0 Å². The van der Waals surface area contributed by atoms with Crippen LogP contribution >= 0.6 is 11.6 Å². The fraction of sp³-hybridized carbons (Fsp3) is 0.600. The summed E-state index contributed by atoms with van der Waals surface area (Å²) >= 11 is 5.98. The van der Waals surface area contributed by atoms with Crippen molar-refractivity contribution in [3.63, 3.8) is 0 Å². The summed E-state index contributed by atoms with van der Waals surface area (Å²) in [6, 6.07) is 4.62. The highest BCUT2D eigenvalue weighted by atomic mass is 35.5. The minimum Gasteiger partial charge on any atom is -0.374 e. The van der Waals surface area contributed by atoms with Crippen molar-refractivity contribution in [2.45, 2.75) is 51.7 Å². The molecule has 19 heavy (non-hydrogen) atoms. The molecule has 2 nitrogen and oxygen atoms in total. The van der Waals surface area contributed by atoms with Crippen LogP contribution in [0.3, 0.4) is 0 Å². The lowest BCUT2D eigenvalue weighted by atomic mass is 9.85. The second-order valence-electron chi connectivity index (χ2n) is 4.73. The van der Waals surface area contributed by atoms with Crippen LogP contribution in [0.2, 0.25) is 5.02 Å². The van der Waals surface area contributed by atoms with Gasteiger partial charge in [0.25, 0.3) is 0 Å². The number of hydrogen-bond donors (Lipinski definition) is 1. The zero-order valence-electron chi connectivity index (χ0n) is 11.9. The first-order chi connectivity index (χ1) is 9.00. The Morgan fingerprint density at radius 1 is 1.32 bits per heavy atom. The van der Waals surface area contributed by atoms with Gasteiger partial charge in [-0.25, -0.2) is 4.39 Å². The van der Waals surface area contributed by atoms with Crippen molar-refractivity contribution in [1.29, 1.82) is 0 Å². The number of rotatable bonds is 7. The molecule has 1 atom stereocenters. The third-order valence-corrected chi connectivity index (χ3v) is 4.20. The summed E-state index contributed by atoms with van der Waals surface area (Å²) < 4.78 is 19.3. The minimum absolute atomic E-state index is 0.163. The molecule has 0 saturated carbocycles. The number of hydrogen-bond acceptors (Lipinski definition) is 2. The van der Waals surface area contributed by atoms with Crippen LogP contribution in [0.4, 0.5) is 4.39 Å². The molecule has 0 amide bonds. The van der Waals surface area contributed by atoms with Crippen LogP contribution in [0.1, 0.15) is 39.2 Å². The fourth-order valence-electron chi connectivity index (χ4n) is 2.50. The van der Waals surface area contributed by atoms with Crippen LogP contribution in [0.5, 0.6) is 0 Å². The average Bonchev–Trinajstić information content (AvgIpc) is 2.41.